The first kappa shape index (κ1) is 15.2. The monoisotopic (exact) mass is 357 g/mol. The van der Waals surface area contributed by atoms with Crippen LogP contribution in [0.15, 0.2) is 51.8 Å². The molecule has 0 fully saturated rings. The van der Waals surface area contributed by atoms with Crippen LogP contribution in [0.1, 0.15) is 17.2 Å². The molecule has 2 N–H and O–H groups in total. The zero-order valence-electron chi connectivity index (χ0n) is 10.7. The molecule has 0 aromatic heterocycles. The molecule has 0 aliphatic heterocycles. The third-order valence-corrected chi connectivity index (χ3v) is 4.72. The molecule has 1 atom stereocenters. The lowest BCUT2D eigenvalue weighted by Gasteiger charge is -2.14. The number of hydrogen-bond donors (Lipinski definition) is 1. The second-order valence-corrected chi connectivity index (χ2v) is 7.33. The van der Waals surface area contributed by atoms with E-state index in [9.17, 15) is 12.8 Å². The number of benzene rings is 2. The number of sulfone groups is 1. The first-order chi connectivity index (χ1) is 9.30. The summed E-state index contributed by atoms with van der Waals surface area (Å²) in [6.45, 7) is 0. The number of hydrogen-bond acceptors (Lipinski definition) is 3. The van der Waals surface area contributed by atoms with Crippen molar-refractivity contribution >= 4 is 25.8 Å². The zero-order chi connectivity index (χ0) is 14.9. The van der Waals surface area contributed by atoms with E-state index in [1.807, 2.05) is 0 Å². The normalized spacial score (nSPS) is 13.2. The Labute approximate surface area is 125 Å². The summed E-state index contributed by atoms with van der Waals surface area (Å²) in [7, 11) is -3.25. The average Bonchev–Trinajstić information content (AvgIpc) is 2.40. The summed E-state index contributed by atoms with van der Waals surface area (Å²) in [6.07, 6.45) is 1.13. The van der Waals surface area contributed by atoms with Gasteiger partial charge in [-0.3, -0.25) is 0 Å². The van der Waals surface area contributed by atoms with Crippen molar-refractivity contribution in [3.05, 3.63) is 63.9 Å². The summed E-state index contributed by atoms with van der Waals surface area (Å²) in [5.41, 5.74) is 7.04. The molecule has 0 amide bonds. The summed E-state index contributed by atoms with van der Waals surface area (Å²) >= 11 is 3.11. The topological polar surface area (TPSA) is 60.2 Å². The van der Waals surface area contributed by atoms with Gasteiger partial charge in [0.05, 0.1) is 15.4 Å². The van der Waals surface area contributed by atoms with Gasteiger partial charge in [0.15, 0.2) is 9.84 Å². The van der Waals surface area contributed by atoms with E-state index in [4.69, 9.17) is 5.73 Å². The van der Waals surface area contributed by atoms with Gasteiger partial charge in [0.1, 0.15) is 5.82 Å². The summed E-state index contributed by atoms with van der Waals surface area (Å²) in [5.74, 6) is -0.410. The highest BCUT2D eigenvalue weighted by Gasteiger charge is 2.16. The van der Waals surface area contributed by atoms with Gasteiger partial charge in [-0.2, -0.15) is 0 Å². The fourth-order valence-corrected chi connectivity index (χ4v) is 2.87. The molecule has 2 rings (SSSR count). The highest BCUT2D eigenvalue weighted by molar-refractivity contribution is 9.10. The van der Waals surface area contributed by atoms with Gasteiger partial charge < -0.3 is 5.73 Å². The SMILES string of the molecule is CS(=O)(=O)c1ccc(C(N)c2cccc(Br)c2F)cc1. The van der Waals surface area contributed by atoms with Gasteiger partial charge in [-0.05, 0) is 39.7 Å². The van der Waals surface area contributed by atoms with Gasteiger partial charge >= 0.3 is 0 Å². The van der Waals surface area contributed by atoms with Crippen LogP contribution in [0.3, 0.4) is 0 Å². The molecule has 20 heavy (non-hydrogen) atoms. The molecule has 3 nitrogen and oxygen atoms in total. The second-order valence-electron chi connectivity index (χ2n) is 4.46. The van der Waals surface area contributed by atoms with Crippen molar-refractivity contribution < 1.29 is 12.8 Å². The van der Waals surface area contributed by atoms with E-state index in [2.05, 4.69) is 15.9 Å². The van der Waals surface area contributed by atoms with Gasteiger partial charge in [-0.1, -0.05) is 24.3 Å². The molecule has 106 valence electrons. The second kappa shape index (κ2) is 5.63. The Morgan fingerprint density at radius 1 is 1.15 bits per heavy atom. The molecule has 2 aromatic rings. The molecule has 0 aliphatic rings. The van der Waals surface area contributed by atoms with Crippen LogP contribution in [0, 0.1) is 5.82 Å². The Morgan fingerprint density at radius 3 is 2.30 bits per heavy atom. The van der Waals surface area contributed by atoms with Crippen LogP contribution in [0.25, 0.3) is 0 Å². The van der Waals surface area contributed by atoms with E-state index >= 15 is 0 Å². The third-order valence-electron chi connectivity index (χ3n) is 2.98. The number of rotatable bonds is 3. The Balaban J connectivity index is 2.39. The molecule has 6 heteroatoms. The van der Waals surface area contributed by atoms with Gasteiger partial charge in [0.2, 0.25) is 0 Å². The Kier molecular flexibility index (Phi) is 4.27. The van der Waals surface area contributed by atoms with E-state index in [1.165, 1.54) is 12.1 Å². The van der Waals surface area contributed by atoms with E-state index in [0.717, 1.165) is 6.26 Å². The van der Waals surface area contributed by atoms with Crippen molar-refractivity contribution in [3.63, 3.8) is 0 Å². The summed E-state index contributed by atoms with van der Waals surface area (Å²) in [4.78, 5) is 0.211. The molecule has 2 aromatic carbocycles. The zero-order valence-corrected chi connectivity index (χ0v) is 13.1. The lowest BCUT2D eigenvalue weighted by molar-refractivity contribution is 0.592. The highest BCUT2D eigenvalue weighted by atomic mass is 79.9. The number of nitrogens with two attached hydrogens (primary N) is 1. The molecule has 0 aliphatic carbocycles. The van der Waals surface area contributed by atoms with Crippen LogP contribution in [0.2, 0.25) is 0 Å². The first-order valence-electron chi connectivity index (χ1n) is 5.80. The van der Waals surface area contributed by atoms with Crippen molar-refractivity contribution in [2.45, 2.75) is 10.9 Å². The van der Waals surface area contributed by atoms with E-state index < -0.39 is 21.7 Å². The first-order valence-corrected chi connectivity index (χ1v) is 8.48. The van der Waals surface area contributed by atoms with Crippen LogP contribution in [0.4, 0.5) is 4.39 Å². The average molecular weight is 358 g/mol. The minimum Gasteiger partial charge on any atom is -0.320 e. The number of halogens is 2. The van der Waals surface area contributed by atoms with Crippen molar-refractivity contribution in [2.24, 2.45) is 5.73 Å². The van der Waals surface area contributed by atoms with Crippen molar-refractivity contribution in [3.8, 4) is 0 Å². The smallest absolute Gasteiger partial charge is 0.175 e. The molecular formula is C14H13BrFNO2S. The van der Waals surface area contributed by atoms with Crippen molar-refractivity contribution in [1.29, 1.82) is 0 Å². The Morgan fingerprint density at radius 2 is 1.75 bits per heavy atom. The maximum Gasteiger partial charge on any atom is 0.175 e. The fourth-order valence-electron chi connectivity index (χ4n) is 1.86. The fraction of sp³-hybridized carbons (Fsp3) is 0.143. The molecule has 0 radical (unpaired) electrons. The third kappa shape index (κ3) is 3.08. The summed E-state index contributed by atoms with van der Waals surface area (Å²) < 4.78 is 37.1. The lowest BCUT2D eigenvalue weighted by atomic mass is 9.99. The molecule has 1 unspecified atom stereocenters. The molecule has 0 bridgehead atoms. The Bertz CT molecular complexity index is 729. The van der Waals surface area contributed by atoms with Gasteiger partial charge in [-0.25, -0.2) is 12.8 Å². The minimum atomic E-state index is -3.25. The largest absolute Gasteiger partial charge is 0.320 e. The lowest BCUT2D eigenvalue weighted by Crippen LogP contribution is -2.14. The predicted molar refractivity (Wildman–Crippen MR) is 79.7 cm³/mol. The Hall–Kier alpha value is -1.24. The standard InChI is InChI=1S/C14H13BrFNO2S/c1-20(18,19)10-7-5-9(6-8-10)14(17)11-3-2-4-12(15)13(11)16/h2-8,14H,17H2,1H3. The highest BCUT2D eigenvalue weighted by Crippen LogP contribution is 2.27. The summed E-state index contributed by atoms with van der Waals surface area (Å²) in [6, 6.07) is 10.4. The maximum atomic E-state index is 14.0. The molecule has 0 saturated heterocycles. The maximum absolute atomic E-state index is 14.0. The summed E-state index contributed by atoms with van der Waals surface area (Å²) in [5, 5.41) is 0. The van der Waals surface area contributed by atoms with E-state index in [0.29, 0.717) is 15.6 Å². The van der Waals surface area contributed by atoms with Crippen LogP contribution in [0.5, 0.6) is 0 Å². The van der Waals surface area contributed by atoms with Crippen LogP contribution in [-0.4, -0.2) is 14.7 Å². The van der Waals surface area contributed by atoms with E-state index in [-0.39, 0.29) is 4.90 Å². The minimum absolute atomic E-state index is 0.211. The van der Waals surface area contributed by atoms with Crippen LogP contribution in [-0.2, 0) is 9.84 Å². The van der Waals surface area contributed by atoms with Crippen molar-refractivity contribution in [1.82, 2.24) is 0 Å². The van der Waals surface area contributed by atoms with Gasteiger partial charge in [0, 0.05) is 11.8 Å². The van der Waals surface area contributed by atoms with Crippen LogP contribution >= 0.6 is 15.9 Å². The van der Waals surface area contributed by atoms with Crippen molar-refractivity contribution in [2.75, 3.05) is 6.26 Å². The van der Waals surface area contributed by atoms with Gasteiger partial charge in [0.25, 0.3) is 0 Å². The molecule has 0 saturated carbocycles. The predicted octanol–water partition coefficient (Wildman–Crippen LogP) is 3.04. The molecule has 0 heterocycles. The van der Waals surface area contributed by atoms with Crippen LogP contribution < -0.4 is 5.73 Å². The van der Waals surface area contributed by atoms with E-state index in [1.54, 1.807) is 30.3 Å². The quantitative estimate of drug-likeness (QED) is 0.918. The van der Waals surface area contributed by atoms with Gasteiger partial charge in [-0.15, -0.1) is 0 Å². The molecular weight excluding hydrogens is 345 g/mol. The molecule has 0 spiro atoms.